The third kappa shape index (κ3) is 1.91. The molecular formula is C15H16N2O4. The molecule has 2 atom stereocenters. The lowest BCUT2D eigenvalue weighted by Crippen LogP contribution is -2.63. The fourth-order valence-electron chi connectivity index (χ4n) is 2.75. The number of ether oxygens (including phenoxy) is 1. The monoisotopic (exact) mass is 288 g/mol. The third-order valence-corrected chi connectivity index (χ3v) is 3.79. The maximum Gasteiger partial charge on any atom is 0.375 e. The number of carbonyl (C=O) groups is 2. The van der Waals surface area contributed by atoms with E-state index in [0.717, 1.165) is 5.56 Å². The maximum absolute atomic E-state index is 12.6. The number of piperazine rings is 1. The van der Waals surface area contributed by atoms with Gasteiger partial charge in [0, 0.05) is 12.6 Å². The SMILES string of the molecule is COC(=O)C1=C[C@@]2(c3ccccc3)C(=O)NC[C@H](C)N2O1. The number of nitrogens with zero attached hydrogens (tertiary/aromatic N) is 1. The zero-order valence-electron chi connectivity index (χ0n) is 11.8. The Hall–Kier alpha value is -2.34. The summed E-state index contributed by atoms with van der Waals surface area (Å²) in [6, 6.07) is 9.16. The molecule has 110 valence electrons. The number of methoxy groups -OCH3 is 1. The number of hydroxylamine groups is 2. The Morgan fingerprint density at radius 3 is 2.81 bits per heavy atom. The van der Waals surface area contributed by atoms with Crippen LogP contribution in [-0.4, -0.2) is 36.6 Å². The van der Waals surface area contributed by atoms with Crippen molar-refractivity contribution in [1.82, 2.24) is 10.4 Å². The fraction of sp³-hybridized carbons (Fsp3) is 0.333. The van der Waals surface area contributed by atoms with Crippen LogP contribution in [0.3, 0.4) is 0 Å². The van der Waals surface area contributed by atoms with Gasteiger partial charge in [0.05, 0.1) is 13.2 Å². The number of esters is 1. The molecule has 6 nitrogen and oxygen atoms in total. The lowest BCUT2D eigenvalue weighted by atomic mass is 9.85. The minimum atomic E-state index is -1.14. The predicted molar refractivity (Wildman–Crippen MR) is 73.6 cm³/mol. The quantitative estimate of drug-likeness (QED) is 0.812. The van der Waals surface area contributed by atoms with Gasteiger partial charge in [-0.25, -0.2) is 4.79 Å². The summed E-state index contributed by atoms with van der Waals surface area (Å²) in [5, 5.41) is 4.43. The van der Waals surface area contributed by atoms with E-state index in [2.05, 4.69) is 5.32 Å². The molecule has 0 aromatic heterocycles. The van der Waals surface area contributed by atoms with Crippen molar-refractivity contribution in [1.29, 1.82) is 0 Å². The molecule has 0 unspecified atom stereocenters. The standard InChI is InChI=1S/C15H16N2O4/c1-10-9-16-14(19)15(11-6-4-3-5-7-11)8-12(13(18)20-2)21-17(10)15/h3-8,10H,9H2,1-2H3,(H,16,19)/t10-,15+/m0/s1. The second-order valence-corrected chi connectivity index (χ2v) is 5.11. The maximum atomic E-state index is 12.6. The molecule has 0 saturated carbocycles. The topological polar surface area (TPSA) is 67.9 Å². The van der Waals surface area contributed by atoms with E-state index in [9.17, 15) is 9.59 Å². The Morgan fingerprint density at radius 1 is 1.43 bits per heavy atom. The van der Waals surface area contributed by atoms with Crippen LogP contribution in [0.2, 0.25) is 0 Å². The number of nitrogens with one attached hydrogen (secondary N) is 1. The van der Waals surface area contributed by atoms with Crippen molar-refractivity contribution in [2.75, 3.05) is 13.7 Å². The molecule has 1 saturated heterocycles. The molecule has 6 heteroatoms. The highest BCUT2D eigenvalue weighted by atomic mass is 16.7. The summed E-state index contributed by atoms with van der Waals surface area (Å²) in [6.45, 7) is 2.38. The largest absolute Gasteiger partial charge is 0.463 e. The first-order valence-electron chi connectivity index (χ1n) is 6.72. The highest BCUT2D eigenvalue weighted by Gasteiger charge is 2.56. The summed E-state index contributed by atoms with van der Waals surface area (Å²) in [4.78, 5) is 30.0. The number of amides is 1. The van der Waals surface area contributed by atoms with Crippen LogP contribution in [0.4, 0.5) is 0 Å². The number of fused-ring (bicyclic) bond motifs is 1. The lowest BCUT2D eigenvalue weighted by molar-refractivity contribution is -0.204. The van der Waals surface area contributed by atoms with E-state index in [1.54, 1.807) is 5.06 Å². The van der Waals surface area contributed by atoms with E-state index in [1.165, 1.54) is 13.2 Å². The van der Waals surface area contributed by atoms with E-state index in [0.29, 0.717) is 6.54 Å². The normalized spacial score (nSPS) is 28.2. The van der Waals surface area contributed by atoms with E-state index in [1.807, 2.05) is 37.3 Å². The van der Waals surface area contributed by atoms with Gasteiger partial charge in [-0.1, -0.05) is 30.3 Å². The van der Waals surface area contributed by atoms with Crippen molar-refractivity contribution in [3.8, 4) is 0 Å². The molecule has 1 fully saturated rings. The minimum Gasteiger partial charge on any atom is -0.463 e. The number of benzene rings is 1. The number of carbonyl (C=O) groups excluding carboxylic acids is 2. The molecule has 1 amide bonds. The van der Waals surface area contributed by atoms with E-state index >= 15 is 0 Å². The second kappa shape index (κ2) is 4.89. The van der Waals surface area contributed by atoms with E-state index in [-0.39, 0.29) is 17.7 Å². The van der Waals surface area contributed by atoms with Crippen LogP contribution in [0.5, 0.6) is 0 Å². The molecule has 1 aromatic carbocycles. The Bertz CT molecular complexity index is 613. The minimum absolute atomic E-state index is 0.0326. The molecule has 21 heavy (non-hydrogen) atoms. The van der Waals surface area contributed by atoms with Crippen molar-refractivity contribution in [3.63, 3.8) is 0 Å². The Morgan fingerprint density at radius 2 is 2.14 bits per heavy atom. The Kier molecular flexibility index (Phi) is 3.17. The van der Waals surface area contributed by atoms with Crippen LogP contribution in [0.1, 0.15) is 12.5 Å². The predicted octanol–water partition coefficient (Wildman–Crippen LogP) is 0.704. The molecule has 0 bridgehead atoms. The van der Waals surface area contributed by atoms with Crippen LogP contribution >= 0.6 is 0 Å². The fourth-order valence-corrected chi connectivity index (χ4v) is 2.75. The first kappa shape index (κ1) is 13.6. The molecule has 2 heterocycles. The smallest absolute Gasteiger partial charge is 0.375 e. The average molecular weight is 288 g/mol. The van der Waals surface area contributed by atoms with Gasteiger partial charge in [0.25, 0.3) is 5.91 Å². The van der Waals surface area contributed by atoms with Gasteiger partial charge in [0.1, 0.15) is 0 Å². The Balaban J connectivity index is 2.15. The first-order chi connectivity index (χ1) is 10.1. The van der Waals surface area contributed by atoms with Crippen LogP contribution in [-0.2, 0) is 24.7 Å². The van der Waals surface area contributed by atoms with Gasteiger partial charge < -0.3 is 14.9 Å². The van der Waals surface area contributed by atoms with Crippen molar-refractivity contribution >= 4 is 11.9 Å². The average Bonchev–Trinajstić information content (AvgIpc) is 2.94. The Labute approximate surface area is 122 Å². The molecule has 1 aromatic rings. The molecule has 0 aliphatic carbocycles. The van der Waals surface area contributed by atoms with Crippen molar-refractivity contribution in [2.24, 2.45) is 0 Å². The van der Waals surface area contributed by atoms with Gasteiger partial charge in [-0.05, 0) is 12.5 Å². The molecule has 0 spiro atoms. The van der Waals surface area contributed by atoms with E-state index in [4.69, 9.17) is 9.57 Å². The van der Waals surface area contributed by atoms with Crippen molar-refractivity contribution in [3.05, 3.63) is 47.7 Å². The van der Waals surface area contributed by atoms with E-state index < -0.39 is 11.5 Å². The van der Waals surface area contributed by atoms with Gasteiger partial charge in [-0.3, -0.25) is 4.79 Å². The molecule has 2 aliphatic rings. The molecule has 0 radical (unpaired) electrons. The molecule has 1 N–H and O–H groups in total. The number of rotatable bonds is 2. The zero-order valence-corrected chi connectivity index (χ0v) is 11.8. The van der Waals surface area contributed by atoms with Gasteiger partial charge in [-0.15, -0.1) is 5.06 Å². The summed E-state index contributed by atoms with van der Waals surface area (Å²) < 4.78 is 4.70. The van der Waals surface area contributed by atoms with Crippen LogP contribution < -0.4 is 5.32 Å². The van der Waals surface area contributed by atoms with Crippen molar-refractivity contribution < 1.29 is 19.2 Å². The summed E-state index contributed by atoms with van der Waals surface area (Å²) in [5.74, 6) is -0.782. The highest BCUT2D eigenvalue weighted by molar-refractivity contribution is 5.95. The molecule has 3 rings (SSSR count). The summed E-state index contributed by atoms with van der Waals surface area (Å²) >= 11 is 0. The summed E-state index contributed by atoms with van der Waals surface area (Å²) in [6.07, 6.45) is 1.53. The molecule has 2 aliphatic heterocycles. The first-order valence-corrected chi connectivity index (χ1v) is 6.72. The zero-order chi connectivity index (χ0) is 15.0. The molecular weight excluding hydrogens is 272 g/mol. The van der Waals surface area contributed by atoms with Crippen molar-refractivity contribution in [2.45, 2.75) is 18.5 Å². The highest BCUT2D eigenvalue weighted by Crippen LogP contribution is 2.41. The van der Waals surface area contributed by atoms with Gasteiger partial charge in [0.2, 0.25) is 5.76 Å². The second-order valence-electron chi connectivity index (χ2n) is 5.11. The third-order valence-electron chi connectivity index (χ3n) is 3.79. The van der Waals surface area contributed by atoms with Gasteiger partial charge in [0.15, 0.2) is 5.54 Å². The number of hydrogen-bond acceptors (Lipinski definition) is 5. The van der Waals surface area contributed by atoms with Crippen LogP contribution in [0, 0.1) is 0 Å². The van der Waals surface area contributed by atoms with Gasteiger partial charge in [-0.2, -0.15) is 0 Å². The lowest BCUT2D eigenvalue weighted by Gasteiger charge is -2.42. The van der Waals surface area contributed by atoms with Crippen LogP contribution in [0.25, 0.3) is 0 Å². The number of hydrogen-bond donors (Lipinski definition) is 1. The van der Waals surface area contributed by atoms with Crippen LogP contribution in [0.15, 0.2) is 42.2 Å². The summed E-state index contributed by atoms with van der Waals surface area (Å²) in [7, 11) is 1.28. The summed E-state index contributed by atoms with van der Waals surface area (Å²) in [5.41, 5.74) is -0.393. The van der Waals surface area contributed by atoms with Gasteiger partial charge >= 0.3 is 5.97 Å².